The molecule has 0 aliphatic heterocycles. The largest absolute Gasteiger partial charge is 0.497 e. The van der Waals surface area contributed by atoms with Crippen molar-refractivity contribution >= 4 is 27.7 Å². The van der Waals surface area contributed by atoms with E-state index in [1.165, 1.54) is 0 Å². The van der Waals surface area contributed by atoms with E-state index in [0.29, 0.717) is 12.1 Å². The molecule has 0 atom stereocenters. The maximum Gasteiger partial charge on any atom is 0.249 e. The summed E-state index contributed by atoms with van der Waals surface area (Å²) in [6.07, 6.45) is 0. The summed E-state index contributed by atoms with van der Waals surface area (Å²) in [4.78, 5) is 12.3. The molecule has 1 amide bonds. The van der Waals surface area contributed by atoms with E-state index in [1.807, 2.05) is 37.3 Å². The van der Waals surface area contributed by atoms with E-state index in [4.69, 9.17) is 15.2 Å². The molecule has 5 aromatic rings. The van der Waals surface area contributed by atoms with Crippen LogP contribution in [0.25, 0.3) is 32.9 Å². The highest BCUT2D eigenvalue weighted by atomic mass is 16.5. The molecule has 1 aromatic heterocycles. The molecule has 2 N–H and O–H groups in total. The number of primary amides is 1. The van der Waals surface area contributed by atoms with Crippen LogP contribution in [0.3, 0.4) is 0 Å². The van der Waals surface area contributed by atoms with Gasteiger partial charge in [0, 0.05) is 22.9 Å². The number of hydrogen-bond donors (Lipinski definition) is 1. The molecule has 5 rings (SSSR count). The zero-order valence-corrected chi connectivity index (χ0v) is 19.5. The van der Waals surface area contributed by atoms with Crippen LogP contribution < -0.4 is 15.2 Å². The summed E-state index contributed by atoms with van der Waals surface area (Å²) in [5.41, 5.74) is 12.7. The van der Waals surface area contributed by atoms with Crippen molar-refractivity contribution in [1.29, 1.82) is 0 Å². The third-order valence-corrected chi connectivity index (χ3v) is 6.38. The third-order valence-electron chi connectivity index (χ3n) is 6.38. The van der Waals surface area contributed by atoms with Gasteiger partial charge in [0.05, 0.1) is 25.3 Å². The minimum atomic E-state index is -0.427. The second kappa shape index (κ2) is 8.60. The molecule has 5 heteroatoms. The van der Waals surface area contributed by atoms with Crippen LogP contribution >= 0.6 is 0 Å². The zero-order valence-electron chi connectivity index (χ0n) is 19.5. The molecule has 170 valence electrons. The second-order valence-corrected chi connectivity index (χ2v) is 8.41. The number of methoxy groups -OCH3 is 2. The van der Waals surface area contributed by atoms with Crippen molar-refractivity contribution in [3.8, 4) is 22.6 Å². The smallest absolute Gasteiger partial charge is 0.249 e. The predicted molar refractivity (Wildman–Crippen MR) is 137 cm³/mol. The molecule has 0 unspecified atom stereocenters. The summed E-state index contributed by atoms with van der Waals surface area (Å²) in [5.74, 6) is 1.26. The Kier molecular flexibility index (Phi) is 5.46. The van der Waals surface area contributed by atoms with Crippen molar-refractivity contribution in [3.05, 3.63) is 95.6 Å². The molecule has 0 bridgehead atoms. The van der Waals surface area contributed by atoms with Crippen LogP contribution in [0, 0.1) is 6.92 Å². The number of amides is 1. The lowest BCUT2D eigenvalue weighted by atomic mass is 10.0. The first kappa shape index (κ1) is 21.6. The van der Waals surface area contributed by atoms with Crippen molar-refractivity contribution in [2.24, 2.45) is 5.73 Å². The molecule has 4 aromatic carbocycles. The van der Waals surface area contributed by atoms with Crippen LogP contribution in [0.4, 0.5) is 0 Å². The fourth-order valence-electron chi connectivity index (χ4n) is 4.70. The van der Waals surface area contributed by atoms with E-state index < -0.39 is 5.91 Å². The first-order valence-electron chi connectivity index (χ1n) is 11.1. The Morgan fingerprint density at radius 3 is 2.29 bits per heavy atom. The first-order chi connectivity index (χ1) is 16.5. The van der Waals surface area contributed by atoms with Crippen molar-refractivity contribution in [2.75, 3.05) is 14.2 Å². The average molecular weight is 451 g/mol. The van der Waals surface area contributed by atoms with Gasteiger partial charge < -0.3 is 19.8 Å². The lowest BCUT2D eigenvalue weighted by Crippen LogP contribution is -2.11. The summed E-state index contributed by atoms with van der Waals surface area (Å²) < 4.78 is 13.0. The summed E-state index contributed by atoms with van der Waals surface area (Å²) in [5, 5.41) is 1.89. The highest BCUT2D eigenvalue weighted by Crippen LogP contribution is 2.35. The van der Waals surface area contributed by atoms with E-state index in [1.54, 1.807) is 20.3 Å². The number of aromatic nitrogens is 1. The molecular weight excluding hydrogens is 424 g/mol. The van der Waals surface area contributed by atoms with E-state index in [9.17, 15) is 4.79 Å². The lowest BCUT2D eigenvalue weighted by molar-refractivity contribution is 0.100. The molecule has 0 spiro atoms. The number of carbonyl (C=O) groups excluding carboxylic acids is 1. The molecule has 1 heterocycles. The van der Waals surface area contributed by atoms with Gasteiger partial charge in [-0.15, -0.1) is 0 Å². The van der Waals surface area contributed by atoms with Crippen LogP contribution in [-0.4, -0.2) is 24.7 Å². The van der Waals surface area contributed by atoms with Gasteiger partial charge in [0.1, 0.15) is 11.5 Å². The molecule has 0 aliphatic carbocycles. The van der Waals surface area contributed by atoms with Gasteiger partial charge in [0.25, 0.3) is 0 Å². The van der Waals surface area contributed by atoms with Crippen LogP contribution in [0.1, 0.15) is 21.5 Å². The van der Waals surface area contributed by atoms with Crippen molar-refractivity contribution in [2.45, 2.75) is 13.5 Å². The SMILES string of the molecule is COc1ccc(-c2ccc3c4c(C(N)=O)cccc4n(Cc4ccc(OC)c(C)c4)c3c2)cc1. The highest BCUT2D eigenvalue weighted by molar-refractivity contribution is 6.18. The molecule has 34 heavy (non-hydrogen) atoms. The van der Waals surface area contributed by atoms with Gasteiger partial charge in [-0.25, -0.2) is 0 Å². The van der Waals surface area contributed by atoms with Crippen LogP contribution in [0.2, 0.25) is 0 Å². The fourth-order valence-corrected chi connectivity index (χ4v) is 4.70. The van der Waals surface area contributed by atoms with Crippen molar-refractivity contribution in [1.82, 2.24) is 4.57 Å². The minimum Gasteiger partial charge on any atom is -0.497 e. The normalized spacial score (nSPS) is 11.1. The van der Waals surface area contributed by atoms with Gasteiger partial charge in [-0.3, -0.25) is 4.79 Å². The Morgan fingerprint density at radius 2 is 1.62 bits per heavy atom. The first-order valence-corrected chi connectivity index (χ1v) is 11.1. The molecule has 5 nitrogen and oxygen atoms in total. The predicted octanol–water partition coefficient (Wildman–Crippen LogP) is 5.93. The minimum absolute atomic E-state index is 0.427. The molecule has 0 aliphatic rings. The number of aryl methyl sites for hydroxylation is 1. The third kappa shape index (κ3) is 3.65. The second-order valence-electron chi connectivity index (χ2n) is 8.41. The number of rotatable bonds is 6. The number of ether oxygens (including phenoxy) is 2. The van der Waals surface area contributed by atoms with Crippen LogP contribution in [0.15, 0.2) is 78.9 Å². The van der Waals surface area contributed by atoms with Crippen LogP contribution in [0.5, 0.6) is 11.5 Å². The molecule has 0 radical (unpaired) electrons. The van der Waals surface area contributed by atoms with E-state index in [2.05, 4.69) is 47.0 Å². The summed E-state index contributed by atoms with van der Waals surface area (Å²) in [7, 11) is 3.34. The Balaban J connectivity index is 1.73. The monoisotopic (exact) mass is 450 g/mol. The standard InChI is InChI=1S/C29H26N2O3/c1-18-15-19(7-14-27(18)34-3)17-31-25-6-4-5-24(29(30)32)28(25)23-13-10-21(16-26(23)31)20-8-11-22(33-2)12-9-20/h4-16H,17H2,1-3H3,(H2,30,32). The molecule has 0 saturated carbocycles. The fraction of sp³-hybridized carbons (Fsp3) is 0.138. The van der Waals surface area contributed by atoms with Gasteiger partial charge >= 0.3 is 0 Å². The van der Waals surface area contributed by atoms with Crippen molar-refractivity contribution < 1.29 is 14.3 Å². The number of nitrogens with zero attached hydrogens (tertiary/aromatic N) is 1. The Labute approximate surface area is 198 Å². The quantitative estimate of drug-likeness (QED) is 0.348. The topological polar surface area (TPSA) is 66.5 Å². The lowest BCUT2D eigenvalue weighted by Gasteiger charge is -2.12. The van der Waals surface area contributed by atoms with Gasteiger partial charge in [0.15, 0.2) is 0 Å². The number of hydrogen-bond acceptors (Lipinski definition) is 3. The van der Waals surface area contributed by atoms with Crippen molar-refractivity contribution in [3.63, 3.8) is 0 Å². The Hall–Kier alpha value is -4.25. The number of carbonyl (C=O) groups is 1. The number of benzene rings is 4. The highest BCUT2D eigenvalue weighted by Gasteiger charge is 2.17. The maximum atomic E-state index is 12.3. The maximum absolute atomic E-state index is 12.3. The average Bonchev–Trinajstić information content (AvgIpc) is 3.17. The summed E-state index contributed by atoms with van der Waals surface area (Å²) >= 11 is 0. The van der Waals surface area contributed by atoms with E-state index in [-0.39, 0.29) is 0 Å². The Morgan fingerprint density at radius 1 is 0.853 bits per heavy atom. The molecular formula is C29H26N2O3. The summed E-state index contributed by atoms with van der Waals surface area (Å²) in [6.45, 7) is 2.69. The van der Waals surface area contributed by atoms with Gasteiger partial charge in [-0.05, 0) is 65.6 Å². The van der Waals surface area contributed by atoms with Gasteiger partial charge in [-0.2, -0.15) is 0 Å². The zero-order chi connectivity index (χ0) is 23.8. The Bertz CT molecular complexity index is 1530. The molecule has 0 saturated heterocycles. The van der Waals surface area contributed by atoms with E-state index >= 15 is 0 Å². The van der Waals surface area contributed by atoms with Gasteiger partial charge in [-0.1, -0.05) is 42.5 Å². The number of fused-ring (bicyclic) bond motifs is 3. The van der Waals surface area contributed by atoms with Gasteiger partial charge in [0.2, 0.25) is 5.91 Å². The molecule has 0 fully saturated rings. The van der Waals surface area contributed by atoms with Crippen LogP contribution in [-0.2, 0) is 6.54 Å². The number of nitrogens with two attached hydrogens (primary N) is 1. The van der Waals surface area contributed by atoms with E-state index in [0.717, 1.165) is 55.6 Å². The summed E-state index contributed by atoms with van der Waals surface area (Å²) in [6, 6.07) is 26.3.